The van der Waals surface area contributed by atoms with E-state index in [-0.39, 0.29) is 22.4 Å². The van der Waals surface area contributed by atoms with Gasteiger partial charge in [0.2, 0.25) is 5.60 Å². The van der Waals surface area contributed by atoms with Gasteiger partial charge >= 0.3 is 6.18 Å². The molecule has 0 bridgehead atoms. The van der Waals surface area contributed by atoms with Gasteiger partial charge in [-0.3, -0.25) is 0 Å². The molecule has 3 rings (SSSR count). The second-order valence-corrected chi connectivity index (χ2v) is 4.72. The average molecular weight is 292 g/mol. The highest BCUT2D eigenvalue weighted by Gasteiger charge is 2.61. The van der Waals surface area contributed by atoms with E-state index < -0.39 is 11.8 Å². The molecule has 1 atom stereocenters. The van der Waals surface area contributed by atoms with E-state index in [4.69, 9.17) is 4.74 Å². The molecule has 0 amide bonds. The third kappa shape index (κ3) is 1.70. The number of ether oxygens (including phenoxy) is 1. The molecule has 0 aliphatic heterocycles. The van der Waals surface area contributed by atoms with E-state index in [9.17, 15) is 18.3 Å². The monoisotopic (exact) mass is 292 g/mol. The van der Waals surface area contributed by atoms with Crippen molar-refractivity contribution in [1.29, 1.82) is 0 Å². The Morgan fingerprint density at radius 1 is 1.05 bits per heavy atom. The first-order chi connectivity index (χ1) is 9.91. The third-order valence-corrected chi connectivity index (χ3v) is 3.62. The van der Waals surface area contributed by atoms with Crippen LogP contribution in [-0.2, 0) is 5.60 Å². The van der Waals surface area contributed by atoms with Crippen LogP contribution in [-0.4, -0.2) is 11.3 Å². The van der Waals surface area contributed by atoms with Gasteiger partial charge in [-0.15, -0.1) is 0 Å². The minimum Gasteiger partial charge on any atom is -0.465 e. The summed E-state index contributed by atoms with van der Waals surface area (Å²) < 4.78 is 45.7. The van der Waals surface area contributed by atoms with Crippen molar-refractivity contribution in [2.24, 2.45) is 0 Å². The van der Waals surface area contributed by atoms with Crippen molar-refractivity contribution in [1.82, 2.24) is 0 Å². The molecule has 0 fully saturated rings. The molecule has 0 saturated carbocycles. The van der Waals surface area contributed by atoms with E-state index in [2.05, 4.69) is 6.58 Å². The number of rotatable bonds is 2. The molecule has 1 aliphatic rings. The largest absolute Gasteiger partial charge is 0.465 e. The lowest BCUT2D eigenvalue weighted by molar-refractivity contribution is -0.246. The zero-order chi connectivity index (χ0) is 15.3. The molecule has 1 unspecified atom stereocenters. The van der Waals surface area contributed by atoms with Gasteiger partial charge in [0.05, 0.1) is 6.26 Å². The van der Waals surface area contributed by atoms with E-state index in [0.29, 0.717) is 5.56 Å². The minimum atomic E-state index is -4.83. The summed E-state index contributed by atoms with van der Waals surface area (Å²) in [6.07, 6.45) is -3.69. The van der Waals surface area contributed by atoms with Gasteiger partial charge in [0, 0.05) is 16.7 Å². The van der Waals surface area contributed by atoms with Crippen LogP contribution in [0.1, 0.15) is 11.1 Å². The third-order valence-electron chi connectivity index (χ3n) is 3.62. The highest BCUT2D eigenvalue weighted by Crippen LogP contribution is 2.57. The Kier molecular flexibility index (Phi) is 2.85. The summed E-state index contributed by atoms with van der Waals surface area (Å²) >= 11 is 0. The van der Waals surface area contributed by atoms with Crippen LogP contribution in [0.15, 0.2) is 55.3 Å². The van der Waals surface area contributed by atoms with E-state index in [1.54, 1.807) is 12.1 Å². The molecule has 2 aromatic carbocycles. The summed E-state index contributed by atoms with van der Waals surface area (Å²) in [7, 11) is 0. The summed E-state index contributed by atoms with van der Waals surface area (Å²) in [5, 5.41) is 10.4. The molecular weight excluding hydrogens is 281 g/mol. The molecule has 0 spiro atoms. The molecule has 1 N–H and O–H groups in total. The zero-order valence-corrected chi connectivity index (χ0v) is 10.8. The van der Waals surface area contributed by atoms with E-state index in [1.165, 1.54) is 30.3 Å². The van der Waals surface area contributed by atoms with Crippen molar-refractivity contribution < 1.29 is 23.0 Å². The SMILES string of the molecule is C=COc1cccc2c1-c1ccccc1C2(O)C(F)(F)F. The van der Waals surface area contributed by atoms with Gasteiger partial charge in [-0.05, 0) is 11.6 Å². The molecule has 0 heterocycles. The quantitative estimate of drug-likeness (QED) is 0.848. The van der Waals surface area contributed by atoms with Crippen molar-refractivity contribution in [3.05, 3.63) is 66.4 Å². The summed E-state index contributed by atoms with van der Waals surface area (Å²) in [6, 6.07) is 10.1. The first kappa shape index (κ1) is 13.7. The number of aliphatic hydroxyl groups is 1. The average Bonchev–Trinajstić information content (AvgIpc) is 2.72. The maximum Gasteiger partial charge on any atom is 0.425 e. The lowest BCUT2D eigenvalue weighted by atomic mass is 9.91. The molecule has 21 heavy (non-hydrogen) atoms. The summed E-state index contributed by atoms with van der Waals surface area (Å²) in [5.41, 5.74) is -2.89. The number of hydrogen-bond acceptors (Lipinski definition) is 2. The Morgan fingerprint density at radius 2 is 1.71 bits per heavy atom. The smallest absolute Gasteiger partial charge is 0.425 e. The second-order valence-electron chi connectivity index (χ2n) is 4.72. The molecule has 0 radical (unpaired) electrons. The first-order valence-electron chi connectivity index (χ1n) is 6.21. The van der Waals surface area contributed by atoms with Gasteiger partial charge in [-0.1, -0.05) is 43.0 Å². The van der Waals surface area contributed by atoms with Crippen LogP contribution in [0.2, 0.25) is 0 Å². The lowest BCUT2D eigenvalue weighted by Gasteiger charge is -2.28. The molecule has 108 valence electrons. The fraction of sp³-hybridized carbons (Fsp3) is 0.125. The fourth-order valence-electron chi connectivity index (χ4n) is 2.77. The van der Waals surface area contributed by atoms with Gasteiger partial charge in [0.1, 0.15) is 5.75 Å². The van der Waals surface area contributed by atoms with Crippen LogP contribution < -0.4 is 4.74 Å². The van der Waals surface area contributed by atoms with Crippen LogP contribution in [0.25, 0.3) is 11.1 Å². The van der Waals surface area contributed by atoms with Crippen LogP contribution >= 0.6 is 0 Å². The van der Waals surface area contributed by atoms with Crippen molar-refractivity contribution in [3.8, 4) is 16.9 Å². The summed E-state index contributed by atoms with van der Waals surface area (Å²) in [4.78, 5) is 0. The van der Waals surface area contributed by atoms with Crippen molar-refractivity contribution in [2.45, 2.75) is 11.8 Å². The van der Waals surface area contributed by atoms with Crippen LogP contribution in [0.5, 0.6) is 5.75 Å². The maximum absolute atomic E-state index is 13.5. The minimum absolute atomic E-state index is 0.187. The Bertz CT molecular complexity index is 722. The van der Waals surface area contributed by atoms with Gasteiger partial charge < -0.3 is 9.84 Å². The molecule has 1 aliphatic carbocycles. The van der Waals surface area contributed by atoms with Gasteiger partial charge in [0.25, 0.3) is 0 Å². The number of halogens is 3. The number of benzene rings is 2. The predicted octanol–water partition coefficient (Wildman–Crippen LogP) is 3.99. The van der Waals surface area contributed by atoms with E-state index >= 15 is 0 Å². The van der Waals surface area contributed by atoms with Crippen molar-refractivity contribution in [3.63, 3.8) is 0 Å². The van der Waals surface area contributed by atoms with Crippen molar-refractivity contribution >= 4 is 0 Å². The number of fused-ring (bicyclic) bond motifs is 3. The van der Waals surface area contributed by atoms with Crippen LogP contribution in [0.4, 0.5) is 13.2 Å². The Morgan fingerprint density at radius 3 is 2.38 bits per heavy atom. The van der Waals surface area contributed by atoms with E-state index in [1.807, 2.05) is 0 Å². The Balaban J connectivity index is 2.40. The van der Waals surface area contributed by atoms with E-state index in [0.717, 1.165) is 6.26 Å². The predicted molar refractivity (Wildman–Crippen MR) is 71.8 cm³/mol. The Labute approximate surface area is 119 Å². The number of alkyl halides is 3. The zero-order valence-electron chi connectivity index (χ0n) is 10.8. The topological polar surface area (TPSA) is 29.5 Å². The fourth-order valence-corrected chi connectivity index (χ4v) is 2.77. The normalized spacial score (nSPS) is 19.8. The van der Waals surface area contributed by atoms with Gasteiger partial charge in [-0.25, -0.2) is 0 Å². The standard InChI is InChI=1S/C16H11F3O2/c1-2-21-13-9-5-8-12-14(13)10-6-3-4-7-11(10)15(12,20)16(17,18)19/h2-9,20H,1H2. The van der Waals surface area contributed by atoms with Gasteiger partial charge in [0.15, 0.2) is 0 Å². The highest BCUT2D eigenvalue weighted by molar-refractivity contribution is 5.85. The molecule has 2 nitrogen and oxygen atoms in total. The molecule has 5 heteroatoms. The van der Waals surface area contributed by atoms with Crippen LogP contribution in [0, 0.1) is 0 Å². The maximum atomic E-state index is 13.5. The van der Waals surface area contributed by atoms with Gasteiger partial charge in [-0.2, -0.15) is 13.2 Å². The summed E-state index contributed by atoms with van der Waals surface area (Å²) in [5.74, 6) is 0.232. The molecule has 2 aromatic rings. The molecule has 0 saturated heterocycles. The first-order valence-corrected chi connectivity index (χ1v) is 6.21. The highest BCUT2D eigenvalue weighted by atomic mass is 19.4. The molecule has 0 aromatic heterocycles. The number of hydrogen-bond donors (Lipinski definition) is 1. The Hall–Kier alpha value is -2.27. The molecular formula is C16H11F3O2. The van der Waals surface area contributed by atoms with Crippen molar-refractivity contribution in [2.75, 3.05) is 0 Å². The van der Waals surface area contributed by atoms with Crippen LogP contribution in [0.3, 0.4) is 0 Å². The second kappa shape index (κ2) is 4.36. The summed E-state index contributed by atoms with van der Waals surface area (Å²) in [6.45, 7) is 3.42. The lowest BCUT2D eigenvalue weighted by Crippen LogP contribution is -2.41.